The SMILES string of the molecule is C=C(C)COc1cc2occ(-c3ccc4c(c3)OCCCO4)c(=O)c2cc1CC. The minimum absolute atomic E-state index is 0.0816. The van der Waals surface area contributed by atoms with Gasteiger partial charge in [-0.2, -0.15) is 0 Å². The molecule has 150 valence electrons. The molecule has 0 atom stereocenters. The van der Waals surface area contributed by atoms with Crippen molar-refractivity contribution in [3.63, 3.8) is 0 Å². The standard InChI is InChI=1S/C24H24O5/c1-4-16-10-18-22(12-21(16)28-13-15(2)3)29-14-19(24(18)25)17-6-7-20-23(11-17)27-9-5-8-26-20/h6-7,10-12,14H,2,4-5,8-9,13H2,1,3H3. The van der Waals surface area contributed by atoms with Crippen LogP contribution in [0.2, 0.25) is 0 Å². The molecule has 1 aromatic heterocycles. The number of fused-ring (bicyclic) bond motifs is 2. The maximum absolute atomic E-state index is 13.2. The van der Waals surface area contributed by atoms with Crippen LogP contribution in [-0.2, 0) is 6.42 Å². The highest BCUT2D eigenvalue weighted by molar-refractivity contribution is 5.84. The lowest BCUT2D eigenvalue weighted by atomic mass is 10.0. The Kier molecular flexibility index (Phi) is 5.30. The zero-order chi connectivity index (χ0) is 20.4. The Labute approximate surface area is 169 Å². The molecule has 29 heavy (non-hydrogen) atoms. The second-order valence-corrected chi connectivity index (χ2v) is 7.25. The van der Waals surface area contributed by atoms with Gasteiger partial charge in [-0.3, -0.25) is 4.79 Å². The van der Waals surface area contributed by atoms with E-state index in [9.17, 15) is 4.79 Å². The van der Waals surface area contributed by atoms with E-state index >= 15 is 0 Å². The zero-order valence-corrected chi connectivity index (χ0v) is 16.7. The largest absolute Gasteiger partial charge is 0.490 e. The lowest BCUT2D eigenvalue weighted by Crippen LogP contribution is -2.07. The van der Waals surface area contributed by atoms with Crippen LogP contribution in [0.25, 0.3) is 22.1 Å². The van der Waals surface area contributed by atoms with E-state index in [2.05, 4.69) is 6.58 Å². The number of hydrogen-bond acceptors (Lipinski definition) is 5. The summed E-state index contributed by atoms with van der Waals surface area (Å²) < 4.78 is 23.1. The molecule has 5 nitrogen and oxygen atoms in total. The fraction of sp³-hybridized carbons (Fsp3) is 0.292. The molecule has 1 aliphatic heterocycles. The molecule has 0 unspecified atom stereocenters. The van der Waals surface area contributed by atoms with Crippen LogP contribution in [0.1, 0.15) is 25.8 Å². The van der Waals surface area contributed by atoms with Gasteiger partial charge < -0.3 is 18.6 Å². The van der Waals surface area contributed by atoms with Crippen molar-refractivity contribution in [3.05, 3.63) is 64.5 Å². The summed E-state index contributed by atoms with van der Waals surface area (Å²) in [6.07, 6.45) is 3.07. The third-order valence-electron chi connectivity index (χ3n) is 4.87. The van der Waals surface area contributed by atoms with E-state index in [1.165, 1.54) is 6.26 Å². The lowest BCUT2D eigenvalue weighted by molar-refractivity contribution is 0.297. The van der Waals surface area contributed by atoms with Crippen LogP contribution in [0.5, 0.6) is 17.2 Å². The molecule has 0 saturated heterocycles. The summed E-state index contributed by atoms with van der Waals surface area (Å²) >= 11 is 0. The third kappa shape index (κ3) is 3.86. The van der Waals surface area contributed by atoms with Crippen molar-refractivity contribution in [3.8, 4) is 28.4 Å². The van der Waals surface area contributed by atoms with Crippen LogP contribution in [0.3, 0.4) is 0 Å². The van der Waals surface area contributed by atoms with Crippen LogP contribution >= 0.6 is 0 Å². The van der Waals surface area contributed by atoms with Gasteiger partial charge in [-0.25, -0.2) is 0 Å². The molecule has 0 N–H and O–H groups in total. The fourth-order valence-electron chi connectivity index (χ4n) is 3.34. The Morgan fingerprint density at radius 3 is 2.69 bits per heavy atom. The van der Waals surface area contributed by atoms with Crippen molar-refractivity contribution in [2.45, 2.75) is 26.7 Å². The molecule has 4 rings (SSSR count). The number of benzene rings is 2. The molecular formula is C24H24O5. The predicted octanol–water partition coefficient (Wildman–Crippen LogP) is 5.14. The van der Waals surface area contributed by atoms with Crippen LogP contribution in [0.4, 0.5) is 0 Å². The fourth-order valence-corrected chi connectivity index (χ4v) is 3.34. The van der Waals surface area contributed by atoms with Crippen molar-refractivity contribution in [1.29, 1.82) is 0 Å². The van der Waals surface area contributed by atoms with Gasteiger partial charge in [0.15, 0.2) is 11.5 Å². The van der Waals surface area contributed by atoms with Gasteiger partial charge in [0.25, 0.3) is 0 Å². The Bertz CT molecular complexity index is 1130. The van der Waals surface area contributed by atoms with E-state index in [0.29, 0.717) is 47.9 Å². The molecule has 0 aliphatic carbocycles. The van der Waals surface area contributed by atoms with Crippen molar-refractivity contribution in [1.82, 2.24) is 0 Å². The summed E-state index contributed by atoms with van der Waals surface area (Å²) in [6.45, 7) is 9.46. The molecular weight excluding hydrogens is 368 g/mol. The average Bonchev–Trinajstić information content (AvgIpc) is 2.97. The zero-order valence-electron chi connectivity index (χ0n) is 16.7. The molecule has 0 bridgehead atoms. The van der Waals surface area contributed by atoms with E-state index in [-0.39, 0.29) is 5.43 Å². The molecule has 3 aromatic rings. The molecule has 2 aromatic carbocycles. The van der Waals surface area contributed by atoms with Gasteiger partial charge in [0.2, 0.25) is 5.43 Å². The van der Waals surface area contributed by atoms with E-state index in [1.54, 1.807) is 6.07 Å². The molecule has 0 fully saturated rings. The number of aryl methyl sites for hydroxylation is 1. The second kappa shape index (κ2) is 8.03. The van der Waals surface area contributed by atoms with Crippen molar-refractivity contribution < 1.29 is 18.6 Å². The Hall–Kier alpha value is -3.21. The first-order valence-corrected chi connectivity index (χ1v) is 9.82. The summed E-state index contributed by atoms with van der Waals surface area (Å²) in [6, 6.07) is 9.18. The van der Waals surface area contributed by atoms with Crippen molar-refractivity contribution >= 4 is 11.0 Å². The maximum Gasteiger partial charge on any atom is 0.200 e. The van der Waals surface area contributed by atoms with Gasteiger partial charge in [-0.1, -0.05) is 19.6 Å². The summed E-state index contributed by atoms with van der Waals surface area (Å²) in [5.74, 6) is 2.07. The first kappa shape index (κ1) is 19.1. The Balaban J connectivity index is 1.78. The highest BCUT2D eigenvalue weighted by Crippen LogP contribution is 2.34. The molecule has 0 spiro atoms. The van der Waals surface area contributed by atoms with Gasteiger partial charge >= 0.3 is 0 Å². The van der Waals surface area contributed by atoms with Crippen LogP contribution in [0, 0.1) is 0 Å². The summed E-state index contributed by atoms with van der Waals surface area (Å²) in [5.41, 5.74) is 3.54. The predicted molar refractivity (Wildman–Crippen MR) is 113 cm³/mol. The topological polar surface area (TPSA) is 57.9 Å². The third-order valence-corrected chi connectivity index (χ3v) is 4.87. The summed E-state index contributed by atoms with van der Waals surface area (Å²) in [7, 11) is 0. The van der Waals surface area contributed by atoms with E-state index in [0.717, 1.165) is 35.3 Å². The highest BCUT2D eigenvalue weighted by Gasteiger charge is 2.16. The van der Waals surface area contributed by atoms with Gasteiger partial charge in [0.1, 0.15) is 24.2 Å². The first-order valence-electron chi connectivity index (χ1n) is 9.82. The summed E-state index contributed by atoms with van der Waals surface area (Å²) in [4.78, 5) is 13.2. The molecule has 0 saturated carbocycles. The number of hydrogen-bond donors (Lipinski definition) is 0. The highest BCUT2D eigenvalue weighted by atomic mass is 16.5. The molecule has 0 amide bonds. The van der Waals surface area contributed by atoms with E-state index in [1.807, 2.05) is 38.1 Å². The van der Waals surface area contributed by atoms with Crippen molar-refractivity contribution in [2.24, 2.45) is 0 Å². The maximum atomic E-state index is 13.2. The summed E-state index contributed by atoms with van der Waals surface area (Å²) in [5, 5.41) is 0.536. The Morgan fingerprint density at radius 1 is 1.14 bits per heavy atom. The average molecular weight is 392 g/mol. The molecule has 0 radical (unpaired) electrons. The van der Waals surface area contributed by atoms with Gasteiger partial charge in [-0.15, -0.1) is 0 Å². The second-order valence-electron chi connectivity index (χ2n) is 7.25. The normalized spacial score (nSPS) is 13.2. The lowest BCUT2D eigenvalue weighted by Gasteiger charge is -2.12. The van der Waals surface area contributed by atoms with E-state index in [4.69, 9.17) is 18.6 Å². The molecule has 5 heteroatoms. The van der Waals surface area contributed by atoms with Crippen LogP contribution in [0.15, 0.2) is 58.0 Å². The minimum Gasteiger partial charge on any atom is -0.490 e. The first-order chi connectivity index (χ1) is 14.1. The number of ether oxygens (including phenoxy) is 3. The Morgan fingerprint density at radius 2 is 1.93 bits per heavy atom. The van der Waals surface area contributed by atoms with Gasteiger partial charge in [-0.05, 0) is 48.2 Å². The van der Waals surface area contributed by atoms with Gasteiger partial charge in [0, 0.05) is 12.5 Å². The van der Waals surface area contributed by atoms with E-state index < -0.39 is 0 Å². The minimum atomic E-state index is -0.0816. The molecule has 1 aliphatic rings. The smallest absolute Gasteiger partial charge is 0.200 e. The molecule has 2 heterocycles. The van der Waals surface area contributed by atoms with Crippen molar-refractivity contribution in [2.75, 3.05) is 19.8 Å². The van der Waals surface area contributed by atoms with Crippen LogP contribution in [-0.4, -0.2) is 19.8 Å². The van der Waals surface area contributed by atoms with Crippen LogP contribution < -0.4 is 19.6 Å². The van der Waals surface area contributed by atoms with Gasteiger partial charge in [0.05, 0.1) is 24.2 Å². The quantitative estimate of drug-likeness (QED) is 0.563. The monoisotopic (exact) mass is 392 g/mol. The number of rotatable bonds is 5.